The fourth-order valence-corrected chi connectivity index (χ4v) is 3.54. The van der Waals surface area contributed by atoms with E-state index in [0.29, 0.717) is 16.8 Å². The van der Waals surface area contributed by atoms with Crippen LogP contribution in [0.15, 0.2) is 47.9 Å². The highest BCUT2D eigenvalue weighted by molar-refractivity contribution is 6.56. The Kier molecular flexibility index (Phi) is 8.32. The van der Waals surface area contributed by atoms with Crippen LogP contribution in [0.4, 0.5) is 4.79 Å². The van der Waals surface area contributed by atoms with E-state index in [1.807, 2.05) is 58.0 Å². The third kappa shape index (κ3) is 6.19. The molecule has 2 N–H and O–H groups in total. The van der Waals surface area contributed by atoms with E-state index in [2.05, 4.69) is 5.32 Å². The molecule has 36 heavy (non-hydrogen) atoms. The lowest BCUT2D eigenvalue weighted by Gasteiger charge is -2.32. The number of hydrogen-bond donors (Lipinski definition) is 2. The predicted octanol–water partition coefficient (Wildman–Crippen LogP) is 4.34. The Morgan fingerprint density at radius 3 is 2.14 bits per heavy atom. The van der Waals surface area contributed by atoms with Gasteiger partial charge in [0.2, 0.25) is 0 Å². The first kappa shape index (κ1) is 27.1. The Balaban J connectivity index is 1.91. The lowest BCUT2D eigenvalue weighted by atomic mass is 9.76. The Hall–Kier alpha value is -3.50. The van der Waals surface area contributed by atoms with Gasteiger partial charge in [-0.2, -0.15) is 0 Å². The summed E-state index contributed by atoms with van der Waals surface area (Å²) in [5.74, 6) is -0.505. The standard InChI is InChI=1S/C26H32BNO8/c1-25(2)26(3,4)36-27(35-25)19(15-28-24(31)34-16-17-10-8-7-9-11-17)12-18-13-21(32-5)22(33-6)14-20(18)23(29)30/h7-14H,15-16H2,1-6H3,(H,28,31)(H,29,30). The molecule has 9 nitrogen and oxygen atoms in total. The van der Waals surface area contributed by atoms with Crippen molar-refractivity contribution in [3.05, 3.63) is 64.6 Å². The summed E-state index contributed by atoms with van der Waals surface area (Å²) in [5, 5.41) is 12.5. The van der Waals surface area contributed by atoms with Crippen LogP contribution >= 0.6 is 0 Å². The van der Waals surface area contributed by atoms with E-state index in [1.54, 1.807) is 12.1 Å². The lowest BCUT2D eigenvalue weighted by molar-refractivity contribution is 0.00578. The summed E-state index contributed by atoms with van der Waals surface area (Å²) >= 11 is 0. The normalized spacial score (nSPS) is 16.4. The molecule has 0 radical (unpaired) electrons. The van der Waals surface area contributed by atoms with Gasteiger partial charge in [0.05, 0.1) is 31.0 Å². The molecule has 10 heteroatoms. The molecule has 0 unspecified atom stereocenters. The fourth-order valence-electron chi connectivity index (χ4n) is 3.54. The van der Waals surface area contributed by atoms with Crippen molar-refractivity contribution >= 4 is 25.3 Å². The topological polar surface area (TPSA) is 113 Å². The van der Waals surface area contributed by atoms with Crippen molar-refractivity contribution in [3.63, 3.8) is 0 Å². The van der Waals surface area contributed by atoms with Crippen molar-refractivity contribution in [2.45, 2.75) is 45.5 Å². The lowest BCUT2D eigenvalue weighted by Crippen LogP contribution is -2.41. The number of amides is 1. The van der Waals surface area contributed by atoms with E-state index in [-0.39, 0.29) is 24.5 Å². The van der Waals surface area contributed by atoms with Crippen LogP contribution in [0.25, 0.3) is 6.08 Å². The van der Waals surface area contributed by atoms with Crippen LogP contribution < -0.4 is 14.8 Å². The zero-order valence-electron chi connectivity index (χ0n) is 21.4. The number of rotatable bonds is 9. The number of ether oxygens (including phenoxy) is 3. The number of methoxy groups -OCH3 is 2. The number of nitrogens with one attached hydrogen (secondary N) is 1. The van der Waals surface area contributed by atoms with Gasteiger partial charge in [-0.3, -0.25) is 0 Å². The van der Waals surface area contributed by atoms with E-state index in [4.69, 9.17) is 23.5 Å². The van der Waals surface area contributed by atoms with Gasteiger partial charge in [0.25, 0.3) is 0 Å². The van der Waals surface area contributed by atoms with E-state index in [1.165, 1.54) is 20.3 Å². The monoisotopic (exact) mass is 497 g/mol. The van der Waals surface area contributed by atoms with Gasteiger partial charge >= 0.3 is 19.2 Å². The number of benzene rings is 2. The Morgan fingerprint density at radius 2 is 1.58 bits per heavy atom. The molecule has 1 aliphatic rings. The van der Waals surface area contributed by atoms with Crippen molar-refractivity contribution in [1.82, 2.24) is 5.32 Å². The number of alkyl carbamates (subject to hydrolysis) is 1. The predicted molar refractivity (Wildman–Crippen MR) is 135 cm³/mol. The van der Waals surface area contributed by atoms with Gasteiger partial charge in [0.1, 0.15) is 6.61 Å². The smallest absolute Gasteiger partial charge is 0.492 e. The first-order valence-electron chi connectivity index (χ1n) is 11.5. The Morgan fingerprint density at radius 1 is 1.00 bits per heavy atom. The second-order valence-electron chi connectivity index (χ2n) is 9.32. The Bertz CT molecular complexity index is 1110. The summed E-state index contributed by atoms with van der Waals surface area (Å²) in [6, 6.07) is 12.3. The number of aromatic carboxylic acids is 1. The summed E-state index contributed by atoms with van der Waals surface area (Å²) in [5.41, 5.74) is 0.402. The summed E-state index contributed by atoms with van der Waals surface area (Å²) < 4.78 is 28.3. The van der Waals surface area contributed by atoms with Crippen molar-refractivity contribution in [2.75, 3.05) is 20.8 Å². The van der Waals surface area contributed by atoms with E-state index in [9.17, 15) is 14.7 Å². The molecule has 0 saturated carbocycles. The molecule has 1 aliphatic heterocycles. The van der Waals surface area contributed by atoms with Crippen LogP contribution in [0.2, 0.25) is 0 Å². The summed E-state index contributed by atoms with van der Waals surface area (Å²) in [7, 11) is 2.06. The highest BCUT2D eigenvalue weighted by Gasteiger charge is 2.52. The van der Waals surface area contributed by atoms with Crippen LogP contribution in [0, 0.1) is 0 Å². The molecule has 0 spiro atoms. The molecule has 0 bridgehead atoms. The Labute approximate surface area is 211 Å². The van der Waals surface area contributed by atoms with Crippen LogP contribution in [-0.2, 0) is 20.7 Å². The van der Waals surface area contributed by atoms with Crippen LogP contribution in [0.3, 0.4) is 0 Å². The van der Waals surface area contributed by atoms with Crippen LogP contribution in [-0.4, -0.2) is 56.3 Å². The number of hydrogen-bond acceptors (Lipinski definition) is 7. The van der Waals surface area contributed by atoms with Crippen molar-refractivity contribution < 1.29 is 38.2 Å². The van der Waals surface area contributed by atoms with Crippen molar-refractivity contribution in [1.29, 1.82) is 0 Å². The van der Waals surface area contributed by atoms with E-state index in [0.717, 1.165) is 5.56 Å². The minimum Gasteiger partial charge on any atom is -0.493 e. The average molecular weight is 497 g/mol. The maximum atomic E-state index is 12.4. The highest BCUT2D eigenvalue weighted by atomic mass is 16.7. The molecule has 0 aromatic heterocycles. The van der Waals surface area contributed by atoms with Crippen LogP contribution in [0.5, 0.6) is 11.5 Å². The first-order chi connectivity index (χ1) is 17.0. The SMILES string of the molecule is COc1cc(C=C(CNC(=O)OCc2ccccc2)B2OC(C)(C)C(C)(C)O2)c(C(=O)O)cc1OC. The summed E-state index contributed by atoms with van der Waals surface area (Å²) in [4.78, 5) is 24.4. The molecule has 1 amide bonds. The average Bonchev–Trinajstić information content (AvgIpc) is 3.06. The summed E-state index contributed by atoms with van der Waals surface area (Å²) in [6.45, 7) is 7.74. The maximum absolute atomic E-state index is 12.4. The molecule has 2 aromatic rings. The first-order valence-corrected chi connectivity index (χ1v) is 11.5. The van der Waals surface area contributed by atoms with Gasteiger partial charge < -0.3 is 33.9 Å². The number of carbonyl (C=O) groups excluding carboxylic acids is 1. The maximum Gasteiger partial charge on any atom is 0.492 e. The molecule has 192 valence electrons. The second-order valence-corrected chi connectivity index (χ2v) is 9.32. The van der Waals surface area contributed by atoms with Gasteiger partial charge in [0, 0.05) is 6.54 Å². The molecule has 0 atom stereocenters. The summed E-state index contributed by atoms with van der Waals surface area (Å²) in [6.07, 6.45) is 0.984. The van der Waals surface area contributed by atoms with Gasteiger partial charge in [-0.05, 0) is 56.4 Å². The quantitative estimate of drug-likeness (QED) is 0.492. The third-order valence-corrected chi connectivity index (χ3v) is 6.33. The number of carbonyl (C=O) groups is 2. The molecule has 0 aliphatic carbocycles. The fraction of sp³-hybridized carbons (Fsp3) is 0.385. The van der Waals surface area contributed by atoms with Gasteiger partial charge in [-0.25, -0.2) is 9.59 Å². The zero-order chi connectivity index (χ0) is 26.5. The minimum atomic E-state index is -1.15. The molecular formula is C26H32BNO8. The number of carboxylic acids is 1. The molecule has 1 saturated heterocycles. The molecule has 2 aromatic carbocycles. The van der Waals surface area contributed by atoms with E-state index >= 15 is 0 Å². The minimum absolute atomic E-state index is 0.00213. The van der Waals surface area contributed by atoms with Gasteiger partial charge in [0.15, 0.2) is 11.5 Å². The van der Waals surface area contributed by atoms with Crippen LogP contribution in [0.1, 0.15) is 49.2 Å². The van der Waals surface area contributed by atoms with Crippen molar-refractivity contribution in [2.24, 2.45) is 0 Å². The highest BCUT2D eigenvalue weighted by Crippen LogP contribution is 2.39. The van der Waals surface area contributed by atoms with E-state index < -0.39 is 30.4 Å². The second kappa shape index (κ2) is 11.1. The molecular weight excluding hydrogens is 465 g/mol. The largest absolute Gasteiger partial charge is 0.493 e. The zero-order valence-corrected chi connectivity index (χ0v) is 21.4. The molecule has 1 heterocycles. The number of carboxylic acid groups (broad SMARTS) is 1. The van der Waals surface area contributed by atoms with Gasteiger partial charge in [-0.1, -0.05) is 36.4 Å². The third-order valence-electron chi connectivity index (χ3n) is 6.33. The molecule has 3 rings (SSSR count). The molecule has 1 fully saturated rings. The van der Waals surface area contributed by atoms with Crippen molar-refractivity contribution in [3.8, 4) is 11.5 Å². The van der Waals surface area contributed by atoms with Gasteiger partial charge in [-0.15, -0.1) is 0 Å².